The molecule has 1 aliphatic rings. The van der Waals surface area contributed by atoms with E-state index in [4.69, 9.17) is 4.42 Å². The summed E-state index contributed by atoms with van der Waals surface area (Å²) >= 11 is 0. The van der Waals surface area contributed by atoms with Crippen molar-refractivity contribution < 1.29 is 9.21 Å². The number of likely N-dealkylation sites (tertiary alicyclic amines) is 1. The van der Waals surface area contributed by atoms with Crippen LogP contribution in [0.4, 0.5) is 0 Å². The van der Waals surface area contributed by atoms with Gasteiger partial charge in [-0.25, -0.2) is 4.98 Å². The van der Waals surface area contributed by atoms with Crippen LogP contribution >= 0.6 is 0 Å². The number of benzene rings is 1. The molecule has 1 saturated heterocycles. The first-order valence-electron chi connectivity index (χ1n) is 10.5. The number of para-hydroxylation sites is 2. The summed E-state index contributed by atoms with van der Waals surface area (Å²) in [6.07, 6.45) is 1.71. The standard InChI is InChI=1S/C23H30N4O2/c1-15(2)19-14-18(25-27(19)23(3,4)5)22(28)26-12-10-16(11-13-26)21-24-17-8-6-7-9-20(17)29-21/h6-9,14-16H,10-13H2,1-5H3. The largest absolute Gasteiger partial charge is 0.440 e. The van der Waals surface area contributed by atoms with Gasteiger partial charge in [0, 0.05) is 24.7 Å². The zero-order chi connectivity index (χ0) is 20.8. The van der Waals surface area contributed by atoms with Crippen LogP contribution in [0.2, 0.25) is 0 Å². The molecule has 1 aromatic carbocycles. The van der Waals surface area contributed by atoms with Crippen molar-refractivity contribution in [2.75, 3.05) is 13.1 Å². The van der Waals surface area contributed by atoms with Gasteiger partial charge in [-0.2, -0.15) is 5.10 Å². The third-order valence-corrected chi connectivity index (χ3v) is 5.62. The number of aromatic nitrogens is 3. The Bertz CT molecular complexity index is 984. The summed E-state index contributed by atoms with van der Waals surface area (Å²) in [5.74, 6) is 1.38. The lowest BCUT2D eigenvalue weighted by Crippen LogP contribution is -2.38. The van der Waals surface area contributed by atoms with E-state index >= 15 is 0 Å². The van der Waals surface area contributed by atoms with Crippen LogP contribution in [0.1, 0.15) is 81.4 Å². The molecule has 3 aromatic rings. The van der Waals surface area contributed by atoms with Crippen molar-refractivity contribution in [1.82, 2.24) is 19.7 Å². The Morgan fingerprint density at radius 3 is 2.45 bits per heavy atom. The van der Waals surface area contributed by atoms with Crippen LogP contribution in [0.3, 0.4) is 0 Å². The molecule has 2 aromatic heterocycles. The molecule has 0 bridgehead atoms. The molecule has 154 valence electrons. The first-order valence-corrected chi connectivity index (χ1v) is 10.5. The van der Waals surface area contributed by atoms with E-state index < -0.39 is 0 Å². The summed E-state index contributed by atoms with van der Waals surface area (Å²) in [7, 11) is 0. The fourth-order valence-electron chi connectivity index (χ4n) is 4.00. The average Bonchev–Trinajstić information content (AvgIpc) is 3.32. The number of oxazole rings is 1. The van der Waals surface area contributed by atoms with Crippen LogP contribution in [-0.4, -0.2) is 38.7 Å². The summed E-state index contributed by atoms with van der Waals surface area (Å²) in [4.78, 5) is 19.7. The van der Waals surface area contributed by atoms with Gasteiger partial charge in [0.2, 0.25) is 0 Å². The minimum atomic E-state index is -0.155. The van der Waals surface area contributed by atoms with Gasteiger partial charge in [-0.3, -0.25) is 9.48 Å². The highest BCUT2D eigenvalue weighted by atomic mass is 16.3. The van der Waals surface area contributed by atoms with Gasteiger partial charge in [0.25, 0.3) is 5.91 Å². The molecular formula is C23H30N4O2. The number of carbonyl (C=O) groups excluding carboxylic acids is 1. The molecule has 0 unspecified atom stereocenters. The monoisotopic (exact) mass is 394 g/mol. The topological polar surface area (TPSA) is 64.2 Å². The molecule has 6 heteroatoms. The number of amides is 1. The molecule has 6 nitrogen and oxygen atoms in total. The molecular weight excluding hydrogens is 364 g/mol. The zero-order valence-electron chi connectivity index (χ0n) is 18.0. The number of piperidine rings is 1. The quantitative estimate of drug-likeness (QED) is 0.632. The van der Waals surface area contributed by atoms with E-state index in [9.17, 15) is 4.79 Å². The maximum atomic E-state index is 13.1. The van der Waals surface area contributed by atoms with Crippen molar-refractivity contribution in [2.24, 2.45) is 0 Å². The molecule has 1 amide bonds. The molecule has 0 spiro atoms. The van der Waals surface area contributed by atoms with E-state index in [1.165, 1.54) is 0 Å². The predicted octanol–water partition coefficient (Wildman–Crippen LogP) is 4.92. The first-order chi connectivity index (χ1) is 13.7. The highest BCUT2D eigenvalue weighted by molar-refractivity contribution is 5.92. The minimum Gasteiger partial charge on any atom is -0.440 e. The molecule has 0 atom stereocenters. The van der Waals surface area contributed by atoms with Crippen molar-refractivity contribution in [2.45, 2.75) is 64.8 Å². The van der Waals surface area contributed by atoms with Gasteiger partial charge in [-0.1, -0.05) is 26.0 Å². The third-order valence-electron chi connectivity index (χ3n) is 5.62. The van der Waals surface area contributed by atoms with Gasteiger partial charge >= 0.3 is 0 Å². The number of rotatable bonds is 3. The summed E-state index contributed by atoms with van der Waals surface area (Å²) in [6.45, 7) is 12.0. The van der Waals surface area contributed by atoms with E-state index in [1.807, 2.05) is 39.9 Å². The van der Waals surface area contributed by atoms with Gasteiger partial charge in [0.1, 0.15) is 5.52 Å². The molecule has 0 N–H and O–H groups in total. The maximum absolute atomic E-state index is 13.1. The number of fused-ring (bicyclic) bond motifs is 1. The second-order valence-electron chi connectivity index (χ2n) is 9.28. The first kappa shape index (κ1) is 19.7. The smallest absolute Gasteiger partial charge is 0.274 e. The predicted molar refractivity (Wildman–Crippen MR) is 113 cm³/mol. The molecule has 4 rings (SSSR count). The van der Waals surface area contributed by atoms with Crippen molar-refractivity contribution >= 4 is 17.0 Å². The van der Waals surface area contributed by atoms with Gasteiger partial charge in [-0.15, -0.1) is 0 Å². The molecule has 0 aliphatic carbocycles. The summed E-state index contributed by atoms with van der Waals surface area (Å²) in [5, 5.41) is 4.68. The van der Waals surface area contributed by atoms with Crippen molar-refractivity contribution in [3.63, 3.8) is 0 Å². The second-order valence-corrected chi connectivity index (χ2v) is 9.28. The Hall–Kier alpha value is -2.63. The van der Waals surface area contributed by atoms with Crippen molar-refractivity contribution in [3.8, 4) is 0 Å². The molecule has 0 saturated carbocycles. The lowest BCUT2D eigenvalue weighted by atomic mass is 9.96. The lowest BCUT2D eigenvalue weighted by Gasteiger charge is -2.30. The Morgan fingerprint density at radius 2 is 1.86 bits per heavy atom. The van der Waals surface area contributed by atoms with Crippen molar-refractivity contribution in [3.05, 3.63) is 47.6 Å². The molecule has 1 fully saturated rings. The van der Waals surface area contributed by atoms with Gasteiger partial charge in [0.05, 0.1) is 5.54 Å². The zero-order valence-corrected chi connectivity index (χ0v) is 18.0. The number of nitrogens with zero attached hydrogens (tertiary/aromatic N) is 4. The fourth-order valence-corrected chi connectivity index (χ4v) is 4.00. The summed E-state index contributed by atoms with van der Waals surface area (Å²) in [5.41, 5.74) is 3.22. The summed E-state index contributed by atoms with van der Waals surface area (Å²) in [6, 6.07) is 9.81. The average molecular weight is 395 g/mol. The number of hydrogen-bond acceptors (Lipinski definition) is 4. The number of carbonyl (C=O) groups is 1. The molecule has 0 radical (unpaired) electrons. The van der Waals surface area contributed by atoms with Crippen LogP contribution in [0.5, 0.6) is 0 Å². The van der Waals surface area contributed by atoms with E-state index in [1.54, 1.807) is 0 Å². The van der Waals surface area contributed by atoms with E-state index in [2.05, 4.69) is 44.7 Å². The Kier molecular flexibility index (Phi) is 4.97. The Morgan fingerprint density at radius 1 is 1.17 bits per heavy atom. The molecule has 1 aliphatic heterocycles. The summed E-state index contributed by atoms with van der Waals surface area (Å²) < 4.78 is 7.94. The van der Waals surface area contributed by atoms with E-state index in [0.29, 0.717) is 24.7 Å². The third kappa shape index (κ3) is 3.80. The highest BCUT2D eigenvalue weighted by Gasteiger charge is 2.30. The van der Waals surface area contributed by atoms with Gasteiger partial charge < -0.3 is 9.32 Å². The van der Waals surface area contributed by atoms with Gasteiger partial charge in [0.15, 0.2) is 17.2 Å². The second kappa shape index (κ2) is 7.32. The van der Waals surface area contributed by atoms with E-state index in [0.717, 1.165) is 35.5 Å². The van der Waals surface area contributed by atoms with Crippen LogP contribution < -0.4 is 0 Å². The van der Waals surface area contributed by atoms with Crippen LogP contribution in [0, 0.1) is 0 Å². The normalized spacial score (nSPS) is 16.1. The molecule has 29 heavy (non-hydrogen) atoms. The SMILES string of the molecule is CC(C)c1cc(C(=O)N2CCC(c3nc4ccccc4o3)CC2)nn1C(C)(C)C. The van der Waals surface area contributed by atoms with Gasteiger partial charge in [-0.05, 0) is 57.7 Å². The van der Waals surface area contributed by atoms with Crippen LogP contribution in [-0.2, 0) is 5.54 Å². The van der Waals surface area contributed by atoms with E-state index in [-0.39, 0.29) is 17.4 Å². The minimum absolute atomic E-state index is 0.0194. The fraction of sp³-hybridized carbons (Fsp3) is 0.522. The highest BCUT2D eigenvalue weighted by Crippen LogP contribution is 2.31. The van der Waals surface area contributed by atoms with Crippen molar-refractivity contribution in [1.29, 1.82) is 0 Å². The van der Waals surface area contributed by atoms with Crippen LogP contribution in [0.15, 0.2) is 34.7 Å². The lowest BCUT2D eigenvalue weighted by molar-refractivity contribution is 0.0699. The van der Waals surface area contributed by atoms with Crippen LogP contribution in [0.25, 0.3) is 11.1 Å². The Labute approximate surface area is 171 Å². The Balaban J connectivity index is 1.48. The molecule has 3 heterocycles. The maximum Gasteiger partial charge on any atom is 0.274 e. The number of hydrogen-bond donors (Lipinski definition) is 0.